The summed E-state index contributed by atoms with van der Waals surface area (Å²) < 4.78 is 5.26. The summed E-state index contributed by atoms with van der Waals surface area (Å²) >= 11 is 0. The number of aromatic nitrogens is 2. The molecule has 1 aromatic heterocycles. The zero-order valence-electron chi connectivity index (χ0n) is 10.7. The number of terminal acetylenes is 1. The van der Waals surface area contributed by atoms with E-state index in [0.29, 0.717) is 18.2 Å². The Hall–Kier alpha value is -1.93. The molecule has 0 aromatic carbocycles. The van der Waals surface area contributed by atoms with Crippen LogP contribution in [0.2, 0.25) is 0 Å². The molecule has 1 aliphatic heterocycles. The van der Waals surface area contributed by atoms with Crippen molar-refractivity contribution in [3.05, 3.63) is 18.0 Å². The summed E-state index contributed by atoms with van der Waals surface area (Å²) in [6, 6.07) is 1.63. The highest BCUT2D eigenvalue weighted by atomic mass is 16.5. The number of methoxy groups -OCH3 is 1. The van der Waals surface area contributed by atoms with Crippen LogP contribution < -0.4 is 4.90 Å². The molecule has 0 aliphatic carbocycles. The van der Waals surface area contributed by atoms with Gasteiger partial charge in [-0.1, -0.05) is 19.8 Å². The monoisotopic (exact) mass is 245 g/mol. The van der Waals surface area contributed by atoms with Crippen LogP contribution in [0, 0.1) is 17.8 Å². The van der Waals surface area contributed by atoms with Gasteiger partial charge in [-0.3, -0.25) is 9.69 Å². The number of hydrogen-bond acceptors (Lipinski definition) is 4. The van der Waals surface area contributed by atoms with E-state index in [4.69, 9.17) is 11.2 Å². The Morgan fingerprint density at radius 3 is 2.89 bits per heavy atom. The molecule has 1 atom stereocenters. The van der Waals surface area contributed by atoms with Crippen LogP contribution in [0.5, 0.6) is 0 Å². The van der Waals surface area contributed by atoms with Crippen molar-refractivity contribution in [1.29, 1.82) is 0 Å². The van der Waals surface area contributed by atoms with E-state index in [9.17, 15) is 4.79 Å². The van der Waals surface area contributed by atoms with Gasteiger partial charge in [-0.2, -0.15) is 0 Å². The molecular weight excluding hydrogens is 230 g/mol. The summed E-state index contributed by atoms with van der Waals surface area (Å²) in [5.74, 6) is 2.64. The lowest BCUT2D eigenvalue weighted by molar-refractivity contribution is -0.128. The van der Waals surface area contributed by atoms with Crippen molar-refractivity contribution in [2.75, 3.05) is 18.6 Å². The highest BCUT2D eigenvalue weighted by Gasteiger charge is 2.48. The fourth-order valence-electron chi connectivity index (χ4n) is 2.19. The number of ether oxygens (including phenoxy) is 1. The largest absolute Gasteiger partial charge is 0.371 e. The zero-order chi connectivity index (χ0) is 13.3. The molecule has 0 spiro atoms. The Morgan fingerprint density at radius 2 is 2.33 bits per heavy atom. The summed E-state index contributed by atoms with van der Waals surface area (Å²) in [4.78, 5) is 22.0. The van der Waals surface area contributed by atoms with Gasteiger partial charge in [-0.15, -0.1) is 6.42 Å². The summed E-state index contributed by atoms with van der Waals surface area (Å²) in [5, 5.41) is 0. The molecule has 2 heterocycles. The molecule has 2 rings (SSSR count). The smallest absolute Gasteiger partial charge is 0.259 e. The van der Waals surface area contributed by atoms with Crippen LogP contribution in [0.4, 0.5) is 5.95 Å². The van der Waals surface area contributed by atoms with Crippen molar-refractivity contribution in [2.24, 2.45) is 5.41 Å². The summed E-state index contributed by atoms with van der Waals surface area (Å²) in [6.07, 6.45) is 6.37. The molecule has 1 unspecified atom stereocenters. The van der Waals surface area contributed by atoms with Crippen LogP contribution in [0.25, 0.3) is 0 Å². The van der Waals surface area contributed by atoms with E-state index in [0.717, 1.165) is 0 Å². The molecule has 0 N–H and O–H groups in total. The topological polar surface area (TPSA) is 55.3 Å². The number of hydrogen-bond donors (Lipinski definition) is 0. The van der Waals surface area contributed by atoms with Crippen LogP contribution in [0.15, 0.2) is 12.3 Å². The van der Waals surface area contributed by atoms with Gasteiger partial charge in [-0.25, -0.2) is 9.97 Å². The van der Waals surface area contributed by atoms with Gasteiger partial charge >= 0.3 is 0 Å². The van der Waals surface area contributed by atoms with Crippen molar-refractivity contribution < 1.29 is 9.53 Å². The van der Waals surface area contributed by atoms with Gasteiger partial charge in [0.2, 0.25) is 5.95 Å². The van der Waals surface area contributed by atoms with Crippen molar-refractivity contribution >= 4 is 11.9 Å². The van der Waals surface area contributed by atoms with Crippen molar-refractivity contribution in [1.82, 2.24) is 9.97 Å². The molecule has 1 fully saturated rings. The lowest BCUT2D eigenvalue weighted by Crippen LogP contribution is -2.33. The van der Waals surface area contributed by atoms with Crippen molar-refractivity contribution in [3.8, 4) is 12.3 Å². The zero-order valence-corrected chi connectivity index (χ0v) is 10.7. The first kappa shape index (κ1) is 12.5. The molecule has 1 saturated heterocycles. The average Bonchev–Trinajstić information content (AvgIpc) is 2.59. The fourth-order valence-corrected chi connectivity index (χ4v) is 2.19. The van der Waals surface area contributed by atoms with Crippen LogP contribution in [-0.2, 0) is 9.53 Å². The van der Waals surface area contributed by atoms with Gasteiger partial charge in [0, 0.05) is 25.3 Å². The van der Waals surface area contributed by atoms with Crippen LogP contribution in [0.1, 0.15) is 19.5 Å². The molecule has 1 aromatic rings. The SMILES string of the molecule is C#Cc1ccnc(N2CC(C)(C)C(OC)C2=O)n1. The lowest BCUT2D eigenvalue weighted by Gasteiger charge is -2.21. The van der Waals surface area contributed by atoms with E-state index in [1.165, 1.54) is 12.0 Å². The van der Waals surface area contributed by atoms with E-state index in [2.05, 4.69) is 15.9 Å². The van der Waals surface area contributed by atoms with E-state index in [1.807, 2.05) is 13.8 Å². The minimum Gasteiger partial charge on any atom is -0.371 e. The molecular formula is C13H15N3O2. The number of nitrogens with zero attached hydrogens (tertiary/aromatic N) is 3. The highest BCUT2D eigenvalue weighted by molar-refractivity contribution is 5.98. The van der Waals surface area contributed by atoms with Gasteiger partial charge < -0.3 is 4.74 Å². The molecule has 18 heavy (non-hydrogen) atoms. The second-order valence-electron chi connectivity index (χ2n) is 4.91. The fraction of sp³-hybridized carbons (Fsp3) is 0.462. The van der Waals surface area contributed by atoms with Gasteiger partial charge in [0.05, 0.1) is 0 Å². The van der Waals surface area contributed by atoms with E-state index in [1.54, 1.807) is 12.3 Å². The maximum atomic E-state index is 12.2. The standard InChI is InChI=1S/C13H15N3O2/c1-5-9-6-7-14-12(15-9)16-8-13(2,3)10(18-4)11(16)17/h1,6-7,10H,8H2,2-4H3. The second-order valence-corrected chi connectivity index (χ2v) is 4.91. The van der Waals surface area contributed by atoms with Crippen molar-refractivity contribution in [3.63, 3.8) is 0 Å². The molecule has 0 saturated carbocycles. The van der Waals surface area contributed by atoms with E-state index >= 15 is 0 Å². The number of carbonyl (C=O) groups excluding carboxylic acids is 1. The first-order chi connectivity index (χ1) is 8.49. The van der Waals surface area contributed by atoms with Crippen LogP contribution in [0.3, 0.4) is 0 Å². The maximum Gasteiger partial charge on any atom is 0.259 e. The highest BCUT2D eigenvalue weighted by Crippen LogP contribution is 2.34. The van der Waals surface area contributed by atoms with Crippen LogP contribution in [-0.4, -0.2) is 35.6 Å². The van der Waals surface area contributed by atoms with E-state index in [-0.39, 0.29) is 11.3 Å². The predicted octanol–water partition coefficient (Wildman–Crippen LogP) is 0.846. The quantitative estimate of drug-likeness (QED) is 0.725. The van der Waals surface area contributed by atoms with Crippen LogP contribution >= 0.6 is 0 Å². The first-order valence-electron chi connectivity index (χ1n) is 5.63. The minimum absolute atomic E-state index is 0.128. The minimum atomic E-state index is -0.476. The molecule has 0 radical (unpaired) electrons. The normalized spacial score (nSPS) is 22.0. The number of rotatable bonds is 2. The summed E-state index contributed by atoms with van der Waals surface area (Å²) in [7, 11) is 1.53. The third-order valence-electron chi connectivity index (χ3n) is 3.03. The Kier molecular flexibility index (Phi) is 3.05. The molecule has 5 nitrogen and oxygen atoms in total. The molecule has 1 aliphatic rings. The lowest BCUT2D eigenvalue weighted by atomic mass is 9.90. The summed E-state index contributed by atoms with van der Waals surface area (Å²) in [5.41, 5.74) is 0.188. The number of amides is 1. The van der Waals surface area contributed by atoms with E-state index < -0.39 is 6.10 Å². The Balaban J connectivity index is 2.36. The first-order valence-corrected chi connectivity index (χ1v) is 5.63. The second kappa shape index (κ2) is 4.39. The average molecular weight is 245 g/mol. The third-order valence-corrected chi connectivity index (χ3v) is 3.03. The van der Waals surface area contributed by atoms with Gasteiger partial charge in [0.25, 0.3) is 5.91 Å². The maximum absolute atomic E-state index is 12.2. The molecule has 1 amide bonds. The van der Waals surface area contributed by atoms with Gasteiger partial charge in [-0.05, 0) is 6.07 Å². The third kappa shape index (κ3) is 1.95. The summed E-state index contributed by atoms with van der Waals surface area (Å²) in [6.45, 7) is 4.46. The number of anilines is 1. The Labute approximate surface area is 106 Å². The Morgan fingerprint density at radius 1 is 1.61 bits per heavy atom. The Bertz CT molecular complexity index is 519. The van der Waals surface area contributed by atoms with Gasteiger partial charge in [0.15, 0.2) is 0 Å². The molecule has 94 valence electrons. The molecule has 0 bridgehead atoms. The molecule has 5 heteroatoms. The number of carbonyl (C=O) groups is 1. The predicted molar refractivity (Wildman–Crippen MR) is 66.9 cm³/mol. The van der Waals surface area contributed by atoms with Crippen molar-refractivity contribution in [2.45, 2.75) is 20.0 Å². The van der Waals surface area contributed by atoms with Gasteiger partial charge in [0.1, 0.15) is 11.8 Å².